The maximum absolute atomic E-state index is 12.0. The van der Waals surface area contributed by atoms with Crippen LogP contribution in [0.15, 0.2) is 30.3 Å². The van der Waals surface area contributed by atoms with Crippen molar-refractivity contribution in [2.75, 3.05) is 11.9 Å². The topological polar surface area (TPSA) is 87.7 Å². The van der Waals surface area contributed by atoms with E-state index in [-0.39, 0.29) is 28.0 Å². The number of hydrogen-bond donors (Lipinski definition) is 3. The van der Waals surface area contributed by atoms with Crippen LogP contribution in [0.2, 0.25) is 10.0 Å². The van der Waals surface area contributed by atoms with Gasteiger partial charge in [0.05, 0.1) is 10.0 Å². The highest BCUT2D eigenvalue weighted by Gasteiger charge is 2.15. The Bertz CT molecular complexity index is 861. The van der Waals surface area contributed by atoms with Gasteiger partial charge < -0.3 is 20.5 Å². The molecule has 0 saturated heterocycles. The molecule has 1 amide bonds. The zero-order valence-electron chi connectivity index (χ0n) is 15.8. The summed E-state index contributed by atoms with van der Waals surface area (Å²) in [5.74, 6) is -1.46. The first-order valence-corrected chi connectivity index (χ1v) is 9.40. The summed E-state index contributed by atoms with van der Waals surface area (Å²) in [6, 6.07) is 9.13. The zero-order chi connectivity index (χ0) is 20.8. The summed E-state index contributed by atoms with van der Waals surface area (Å²) in [5.41, 5.74) is 3.18. The quantitative estimate of drug-likeness (QED) is 0.579. The standard InChI is InChI=1S/C20H22Cl2N2O4/c1-11(2)24-15-5-12(3)4-13(6-15)10-28-19-16(21)7-14(8-17(19)22)20(27)23-9-18(25)26/h4-8,11,24H,9-10H2,1-3H3,(H,23,27)(H,25,26). The molecule has 2 aromatic carbocycles. The Morgan fingerprint density at radius 3 is 2.32 bits per heavy atom. The van der Waals surface area contributed by atoms with Crippen LogP contribution in [0, 0.1) is 6.92 Å². The molecule has 0 heterocycles. The molecule has 0 aromatic heterocycles. The minimum Gasteiger partial charge on any atom is -0.486 e. The maximum Gasteiger partial charge on any atom is 0.322 e. The zero-order valence-corrected chi connectivity index (χ0v) is 17.3. The number of aryl methyl sites for hydroxylation is 1. The smallest absolute Gasteiger partial charge is 0.322 e. The second-order valence-electron chi connectivity index (χ2n) is 6.64. The van der Waals surface area contributed by atoms with Crippen molar-refractivity contribution in [1.29, 1.82) is 0 Å². The number of benzene rings is 2. The van der Waals surface area contributed by atoms with Crippen LogP contribution in [0.1, 0.15) is 35.3 Å². The lowest BCUT2D eigenvalue weighted by Gasteiger charge is -2.15. The minimum atomic E-state index is -1.14. The molecule has 0 aliphatic heterocycles. The maximum atomic E-state index is 12.0. The van der Waals surface area contributed by atoms with Gasteiger partial charge in [-0.05, 0) is 56.2 Å². The summed E-state index contributed by atoms with van der Waals surface area (Å²) in [5, 5.41) is 14.6. The van der Waals surface area contributed by atoms with E-state index < -0.39 is 18.4 Å². The summed E-state index contributed by atoms with van der Waals surface area (Å²) < 4.78 is 5.78. The van der Waals surface area contributed by atoms with Crippen molar-refractivity contribution < 1.29 is 19.4 Å². The van der Waals surface area contributed by atoms with E-state index in [0.29, 0.717) is 6.04 Å². The molecule has 0 fully saturated rings. The third-order valence-corrected chi connectivity index (χ3v) is 4.20. The molecular formula is C20H22Cl2N2O4. The SMILES string of the molecule is Cc1cc(COc2c(Cl)cc(C(=O)NCC(=O)O)cc2Cl)cc(NC(C)C)c1. The number of rotatable bonds is 8. The molecule has 150 valence electrons. The van der Waals surface area contributed by atoms with E-state index in [1.54, 1.807) is 0 Å². The van der Waals surface area contributed by atoms with E-state index in [1.165, 1.54) is 12.1 Å². The van der Waals surface area contributed by atoms with Crippen molar-refractivity contribution in [2.45, 2.75) is 33.4 Å². The normalized spacial score (nSPS) is 10.6. The van der Waals surface area contributed by atoms with Gasteiger partial charge in [-0.1, -0.05) is 29.3 Å². The van der Waals surface area contributed by atoms with Crippen LogP contribution in [-0.2, 0) is 11.4 Å². The number of halogens is 2. The van der Waals surface area contributed by atoms with Gasteiger partial charge in [-0.25, -0.2) is 0 Å². The number of carbonyl (C=O) groups excluding carboxylic acids is 1. The van der Waals surface area contributed by atoms with E-state index in [0.717, 1.165) is 16.8 Å². The number of carbonyl (C=O) groups is 2. The molecule has 8 heteroatoms. The number of anilines is 1. The number of ether oxygens (including phenoxy) is 1. The first kappa shape index (κ1) is 21.9. The molecule has 0 unspecified atom stereocenters. The number of hydrogen-bond acceptors (Lipinski definition) is 4. The summed E-state index contributed by atoms with van der Waals surface area (Å²) in [4.78, 5) is 22.5. The van der Waals surface area contributed by atoms with Crippen LogP contribution in [-0.4, -0.2) is 29.6 Å². The molecule has 3 N–H and O–H groups in total. The van der Waals surface area contributed by atoms with Crippen molar-refractivity contribution in [1.82, 2.24) is 5.32 Å². The molecule has 2 aromatic rings. The summed E-state index contributed by atoms with van der Waals surface area (Å²) in [6.45, 7) is 5.88. The lowest BCUT2D eigenvalue weighted by molar-refractivity contribution is -0.135. The summed E-state index contributed by atoms with van der Waals surface area (Å²) in [7, 11) is 0. The Labute approximate surface area is 173 Å². The predicted molar refractivity (Wildman–Crippen MR) is 111 cm³/mol. The van der Waals surface area contributed by atoms with Gasteiger partial charge >= 0.3 is 5.97 Å². The number of nitrogens with one attached hydrogen (secondary N) is 2. The first-order valence-electron chi connectivity index (χ1n) is 8.64. The number of carboxylic acids is 1. The second-order valence-corrected chi connectivity index (χ2v) is 7.45. The lowest BCUT2D eigenvalue weighted by atomic mass is 10.1. The highest BCUT2D eigenvalue weighted by Crippen LogP contribution is 2.35. The molecule has 0 aliphatic rings. The Hall–Kier alpha value is -2.44. The third kappa shape index (κ3) is 6.32. The molecule has 2 rings (SSSR count). The highest BCUT2D eigenvalue weighted by molar-refractivity contribution is 6.37. The molecule has 0 spiro atoms. The van der Waals surface area contributed by atoms with Crippen LogP contribution in [0.4, 0.5) is 5.69 Å². The van der Waals surface area contributed by atoms with Gasteiger partial charge in [0.2, 0.25) is 0 Å². The second kappa shape index (κ2) is 9.66. The van der Waals surface area contributed by atoms with Crippen molar-refractivity contribution in [3.8, 4) is 5.75 Å². The van der Waals surface area contributed by atoms with Crippen molar-refractivity contribution in [3.05, 3.63) is 57.1 Å². The van der Waals surface area contributed by atoms with Crippen LogP contribution in [0.25, 0.3) is 0 Å². The van der Waals surface area contributed by atoms with E-state index in [4.69, 9.17) is 33.0 Å². The number of aliphatic carboxylic acids is 1. The Morgan fingerprint density at radius 2 is 1.75 bits per heavy atom. The van der Waals surface area contributed by atoms with Gasteiger partial charge in [-0.3, -0.25) is 9.59 Å². The molecule has 0 atom stereocenters. The largest absolute Gasteiger partial charge is 0.486 e. The fraction of sp³-hybridized carbons (Fsp3) is 0.300. The van der Waals surface area contributed by atoms with Crippen molar-refractivity contribution >= 4 is 40.8 Å². The fourth-order valence-electron chi connectivity index (χ4n) is 2.60. The Kier molecular flexibility index (Phi) is 7.54. The molecule has 0 bridgehead atoms. The van der Waals surface area contributed by atoms with E-state index in [2.05, 4.69) is 24.5 Å². The Balaban J connectivity index is 2.13. The first-order chi connectivity index (χ1) is 13.2. The average Bonchev–Trinajstić information content (AvgIpc) is 2.57. The summed E-state index contributed by atoms with van der Waals surface area (Å²) in [6.07, 6.45) is 0. The predicted octanol–water partition coefficient (Wildman–Crippen LogP) is 4.52. The molecule has 0 saturated carbocycles. The molecule has 6 nitrogen and oxygen atoms in total. The average molecular weight is 425 g/mol. The summed E-state index contributed by atoms with van der Waals surface area (Å²) >= 11 is 12.4. The van der Waals surface area contributed by atoms with E-state index >= 15 is 0 Å². The van der Waals surface area contributed by atoms with Gasteiger partial charge in [0, 0.05) is 17.3 Å². The van der Waals surface area contributed by atoms with Crippen molar-refractivity contribution in [2.24, 2.45) is 0 Å². The number of amides is 1. The van der Waals surface area contributed by atoms with E-state index in [1.807, 2.05) is 25.1 Å². The van der Waals surface area contributed by atoms with Gasteiger partial charge in [-0.2, -0.15) is 0 Å². The molecule has 0 radical (unpaired) electrons. The molecular weight excluding hydrogens is 403 g/mol. The van der Waals surface area contributed by atoms with Crippen LogP contribution in [0.3, 0.4) is 0 Å². The van der Waals surface area contributed by atoms with Gasteiger partial charge in [0.15, 0.2) is 5.75 Å². The Morgan fingerprint density at radius 1 is 1.11 bits per heavy atom. The fourth-order valence-corrected chi connectivity index (χ4v) is 3.20. The van der Waals surface area contributed by atoms with Crippen molar-refractivity contribution in [3.63, 3.8) is 0 Å². The van der Waals surface area contributed by atoms with Crippen LogP contribution in [0.5, 0.6) is 5.75 Å². The van der Waals surface area contributed by atoms with Crippen LogP contribution < -0.4 is 15.4 Å². The van der Waals surface area contributed by atoms with Crippen LogP contribution >= 0.6 is 23.2 Å². The van der Waals surface area contributed by atoms with Gasteiger partial charge in [0.1, 0.15) is 13.2 Å². The van der Waals surface area contributed by atoms with Gasteiger partial charge in [0.25, 0.3) is 5.91 Å². The minimum absolute atomic E-state index is 0.155. The molecule has 28 heavy (non-hydrogen) atoms. The highest BCUT2D eigenvalue weighted by atomic mass is 35.5. The van der Waals surface area contributed by atoms with E-state index in [9.17, 15) is 9.59 Å². The third-order valence-electron chi connectivity index (χ3n) is 3.64. The lowest BCUT2D eigenvalue weighted by Crippen LogP contribution is -2.29. The molecule has 0 aliphatic carbocycles. The monoisotopic (exact) mass is 424 g/mol. The van der Waals surface area contributed by atoms with Gasteiger partial charge in [-0.15, -0.1) is 0 Å². The number of carboxylic acid groups (broad SMARTS) is 1.